The first-order valence-electron chi connectivity index (χ1n) is 6.94. The van der Waals surface area contributed by atoms with Gasteiger partial charge in [0.25, 0.3) is 0 Å². The van der Waals surface area contributed by atoms with Gasteiger partial charge in [-0.05, 0) is 60.2 Å². The van der Waals surface area contributed by atoms with Crippen molar-refractivity contribution in [2.75, 3.05) is 0 Å². The Morgan fingerprint density at radius 3 is 2.47 bits per heavy atom. The maximum atomic E-state index is 2.59. The highest BCUT2D eigenvalue weighted by molar-refractivity contribution is 5.10. The first-order valence-corrected chi connectivity index (χ1v) is 6.94. The molecule has 0 amide bonds. The number of hydrogen-bond donors (Lipinski definition) is 0. The quantitative estimate of drug-likeness (QED) is 0.547. The number of fused-ring (bicyclic) bond motifs is 3. The second-order valence-corrected chi connectivity index (χ2v) is 7.72. The summed E-state index contributed by atoms with van der Waals surface area (Å²) in [5.41, 5.74) is 1.35. The fourth-order valence-electron chi connectivity index (χ4n) is 5.84. The Bertz CT molecular complexity index is 278. The highest BCUT2D eigenvalue weighted by Crippen LogP contribution is 2.69. The van der Waals surface area contributed by atoms with Crippen molar-refractivity contribution in [2.24, 2.45) is 34.5 Å². The Labute approximate surface area is 94.8 Å². The van der Waals surface area contributed by atoms with E-state index in [9.17, 15) is 0 Å². The van der Waals surface area contributed by atoms with Crippen molar-refractivity contribution in [3.63, 3.8) is 0 Å². The van der Waals surface area contributed by atoms with Crippen LogP contribution < -0.4 is 0 Å². The van der Waals surface area contributed by atoms with E-state index < -0.39 is 0 Å². The lowest BCUT2D eigenvalue weighted by atomic mass is 9.67. The van der Waals surface area contributed by atoms with Crippen LogP contribution in [0.2, 0.25) is 0 Å². The summed E-state index contributed by atoms with van der Waals surface area (Å²) < 4.78 is 0. The minimum atomic E-state index is 0.632. The summed E-state index contributed by atoms with van der Waals surface area (Å²) in [6.45, 7) is 10.2. The molecule has 0 heterocycles. The van der Waals surface area contributed by atoms with E-state index in [-0.39, 0.29) is 0 Å². The van der Waals surface area contributed by atoms with Gasteiger partial charge in [0.2, 0.25) is 0 Å². The van der Waals surface area contributed by atoms with Crippen LogP contribution in [0.15, 0.2) is 0 Å². The average Bonchev–Trinajstić information content (AvgIpc) is 2.67. The summed E-state index contributed by atoms with van der Waals surface area (Å²) >= 11 is 0. The van der Waals surface area contributed by atoms with Gasteiger partial charge in [0, 0.05) is 0 Å². The SMILES string of the molecule is CC1CC[C@H]2C[C@]3(C)CCC(C)(C)[C@@H]3[C@@H]12. The maximum absolute atomic E-state index is 2.59. The topological polar surface area (TPSA) is 0 Å². The van der Waals surface area contributed by atoms with Gasteiger partial charge in [-0.25, -0.2) is 0 Å². The lowest BCUT2D eigenvalue weighted by molar-refractivity contribution is 0.106. The van der Waals surface area contributed by atoms with E-state index in [0.717, 1.165) is 23.7 Å². The number of hydrogen-bond acceptors (Lipinski definition) is 0. The van der Waals surface area contributed by atoms with Crippen molar-refractivity contribution in [2.45, 2.75) is 59.8 Å². The van der Waals surface area contributed by atoms with Gasteiger partial charge in [0.15, 0.2) is 0 Å². The lowest BCUT2D eigenvalue weighted by Crippen LogP contribution is -2.32. The van der Waals surface area contributed by atoms with E-state index in [1.54, 1.807) is 6.42 Å². The number of rotatable bonds is 0. The fourth-order valence-corrected chi connectivity index (χ4v) is 5.84. The van der Waals surface area contributed by atoms with E-state index in [0.29, 0.717) is 10.8 Å². The molecule has 1 unspecified atom stereocenters. The molecule has 86 valence electrons. The zero-order valence-electron chi connectivity index (χ0n) is 10.8. The van der Waals surface area contributed by atoms with Gasteiger partial charge in [-0.1, -0.05) is 34.1 Å². The molecule has 0 N–H and O–H groups in total. The van der Waals surface area contributed by atoms with Gasteiger partial charge in [-0.15, -0.1) is 0 Å². The molecule has 3 saturated carbocycles. The van der Waals surface area contributed by atoms with Crippen molar-refractivity contribution in [3.8, 4) is 0 Å². The second-order valence-electron chi connectivity index (χ2n) is 7.72. The smallest absolute Gasteiger partial charge is 0.0275 e. The maximum Gasteiger partial charge on any atom is -0.0275 e. The molecular formula is C15H26. The van der Waals surface area contributed by atoms with Crippen molar-refractivity contribution >= 4 is 0 Å². The molecule has 0 aromatic carbocycles. The molecule has 3 aliphatic rings. The average molecular weight is 206 g/mol. The molecule has 0 nitrogen and oxygen atoms in total. The Morgan fingerprint density at radius 1 is 1.00 bits per heavy atom. The molecule has 5 atom stereocenters. The van der Waals surface area contributed by atoms with Crippen LogP contribution in [-0.4, -0.2) is 0 Å². The Balaban J connectivity index is 1.99. The molecule has 15 heavy (non-hydrogen) atoms. The monoisotopic (exact) mass is 206 g/mol. The minimum absolute atomic E-state index is 0.632. The summed E-state index contributed by atoms with van der Waals surface area (Å²) in [6, 6.07) is 0. The van der Waals surface area contributed by atoms with Crippen LogP contribution in [-0.2, 0) is 0 Å². The highest BCUT2D eigenvalue weighted by atomic mass is 14.7. The third-order valence-electron chi connectivity index (χ3n) is 6.24. The zero-order valence-corrected chi connectivity index (χ0v) is 10.8. The van der Waals surface area contributed by atoms with Crippen LogP contribution >= 0.6 is 0 Å². The van der Waals surface area contributed by atoms with Gasteiger partial charge in [0.05, 0.1) is 0 Å². The van der Waals surface area contributed by atoms with Crippen molar-refractivity contribution < 1.29 is 0 Å². The fraction of sp³-hybridized carbons (Fsp3) is 1.00. The normalized spacial score (nSPS) is 56.8. The predicted octanol–water partition coefficient (Wildman–Crippen LogP) is 4.49. The molecule has 0 saturated heterocycles. The lowest BCUT2D eigenvalue weighted by Gasteiger charge is -2.37. The summed E-state index contributed by atoms with van der Waals surface area (Å²) in [5, 5.41) is 0. The van der Waals surface area contributed by atoms with Gasteiger partial charge < -0.3 is 0 Å². The van der Waals surface area contributed by atoms with Crippen LogP contribution in [0.1, 0.15) is 59.8 Å². The first kappa shape index (κ1) is 10.2. The Morgan fingerprint density at radius 2 is 1.73 bits per heavy atom. The second kappa shape index (κ2) is 2.81. The van der Waals surface area contributed by atoms with Crippen LogP contribution in [0.4, 0.5) is 0 Å². The summed E-state index contributed by atoms with van der Waals surface area (Å²) in [5.74, 6) is 4.22. The summed E-state index contributed by atoms with van der Waals surface area (Å²) in [7, 11) is 0. The molecule has 3 fully saturated rings. The van der Waals surface area contributed by atoms with Gasteiger partial charge in [-0.3, -0.25) is 0 Å². The molecule has 0 aromatic heterocycles. The van der Waals surface area contributed by atoms with Gasteiger partial charge >= 0.3 is 0 Å². The van der Waals surface area contributed by atoms with E-state index in [1.165, 1.54) is 25.7 Å². The highest BCUT2D eigenvalue weighted by Gasteiger charge is 2.61. The standard InChI is InChI=1S/C15H26/c1-10-5-6-11-9-15(4)8-7-14(2,3)13(15)12(10)11/h10-13H,5-9H2,1-4H3/t10?,11-,12-,13-,15-/m0/s1. The molecule has 0 bridgehead atoms. The largest absolute Gasteiger partial charge is 0.0622 e. The molecule has 0 aromatic rings. The van der Waals surface area contributed by atoms with E-state index in [4.69, 9.17) is 0 Å². The van der Waals surface area contributed by atoms with E-state index in [1.807, 2.05) is 0 Å². The van der Waals surface area contributed by atoms with E-state index >= 15 is 0 Å². The molecule has 3 aliphatic carbocycles. The zero-order chi connectivity index (χ0) is 10.8. The molecule has 0 spiro atoms. The first-order chi connectivity index (χ1) is 6.94. The molecule has 3 rings (SSSR count). The summed E-state index contributed by atoms with van der Waals surface area (Å²) in [4.78, 5) is 0. The third-order valence-corrected chi connectivity index (χ3v) is 6.24. The van der Waals surface area contributed by atoms with Gasteiger partial charge in [0.1, 0.15) is 0 Å². The van der Waals surface area contributed by atoms with Crippen LogP contribution in [0.25, 0.3) is 0 Å². The third kappa shape index (κ3) is 1.20. The van der Waals surface area contributed by atoms with Crippen molar-refractivity contribution in [1.82, 2.24) is 0 Å². The van der Waals surface area contributed by atoms with E-state index in [2.05, 4.69) is 27.7 Å². The summed E-state index contributed by atoms with van der Waals surface area (Å²) in [6.07, 6.45) is 7.58. The Hall–Kier alpha value is 0. The van der Waals surface area contributed by atoms with Crippen molar-refractivity contribution in [1.29, 1.82) is 0 Å². The molecule has 0 radical (unpaired) electrons. The van der Waals surface area contributed by atoms with Crippen LogP contribution in [0, 0.1) is 34.5 Å². The van der Waals surface area contributed by atoms with Crippen LogP contribution in [0.3, 0.4) is 0 Å². The molecular weight excluding hydrogens is 180 g/mol. The molecule has 0 heteroatoms. The van der Waals surface area contributed by atoms with Crippen molar-refractivity contribution in [3.05, 3.63) is 0 Å². The molecule has 0 aliphatic heterocycles. The van der Waals surface area contributed by atoms with Gasteiger partial charge in [-0.2, -0.15) is 0 Å². The van der Waals surface area contributed by atoms with Crippen LogP contribution in [0.5, 0.6) is 0 Å². The minimum Gasteiger partial charge on any atom is -0.0622 e. The predicted molar refractivity (Wildman–Crippen MR) is 64.6 cm³/mol. The Kier molecular flexibility index (Phi) is 1.91.